The van der Waals surface area contributed by atoms with E-state index in [0.717, 1.165) is 36.5 Å². The Labute approximate surface area is 128 Å². The maximum atomic E-state index is 11.2. The molecule has 114 valence electrons. The van der Waals surface area contributed by atoms with E-state index in [2.05, 4.69) is 15.0 Å². The number of aromatic nitrogens is 3. The lowest BCUT2D eigenvalue weighted by molar-refractivity contribution is -0.141. The van der Waals surface area contributed by atoms with Crippen LogP contribution >= 0.6 is 0 Å². The Balaban J connectivity index is 1.91. The largest absolute Gasteiger partial charge is 0.481 e. The van der Waals surface area contributed by atoms with E-state index in [0.29, 0.717) is 12.4 Å². The van der Waals surface area contributed by atoms with Gasteiger partial charge in [-0.15, -0.1) is 0 Å². The van der Waals surface area contributed by atoms with Crippen LogP contribution < -0.4 is 4.90 Å². The number of anilines is 1. The first-order valence-corrected chi connectivity index (χ1v) is 7.37. The van der Waals surface area contributed by atoms with E-state index < -0.39 is 5.97 Å². The number of pyridine rings is 1. The van der Waals surface area contributed by atoms with Crippen molar-refractivity contribution in [1.29, 1.82) is 0 Å². The summed E-state index contributed by atoms with van der Waals surface area (Å²) < 4.78 is 0. The third kappa shape index (κ3) is 3.05. The van der Waals surface area contributed by atoms with E-state index in [4.69, 9.17) is 0 Å². The predicted molar refractivity (Wildman–Crippen MR) is 82.6 cm³/mol. The monoisotopic (exact) mass is 298 g/mol. The molecule has 1 fully saturated rings. The SMILES string of the molecule is Cc1nc(-c2cccnc2)cc(N2CCCC(C(=O)O)C2)n1. The first-order chi connectivity index (χ1) is 10.6. The minimum Gasteiger partial charge on any atom is -0.481 e. The smallest absolute Gasteiger partial charge is 0.308 e. The number of hydrogen-bond donors (Lipinski definition) is 1. The highest BCUT2D eigenvalue weighted by Gasteiger charge is 2.26. The summed E-state index contributed by atoms with van der Waals surface area (Å²) >= 11 is 0. The van der Waals surface area contributed by atoms with Crippen LogP contribution in [-0.4, -0.2) is 39.1 Å². The molecule has 0 aliphatic carbocycles. The van der Waals surface area contributed by atoms with Gasteiger partial charge in [0, 0.05) is 37.1 Å². The molecule has 1 unspecified atom stereocenters. The van der Waals surface area contributed by atoms with Gasteiger partial charge in [-0.3, -0.25) is 9.78 Å². The molecule has 2 aromatic heterocycles. The standard InChI is InChI=1S/C16H18N4O2/c1-11-18-14(12-4-2-6-17-9-12)8-15(19-11)20-7-3-5-13(10-20)16(21)22/h2,4,6,8-9,13H,3,5,7,10H2,1H3,(H,21,22). The Bertz CT molecular complexity index is 675. The van der Waals surface area contributed by atoms with Gasteiger partial charge in [0.2, 0.25) is 0 Å². The molecule has 3 rings (SSSR count). The Morgan fingerprint density at radius 2 is 2.27 bits per heavy atom. The Hall–Kier alpha value is -2.50. The fourth-order valence-corrected chi connectivity index (χ4v) is 2.76. The number of rotatable bonds is 3. The molecule has 3 heterocycles. The number of aliphatic carboxylic acids is 1. The molecule has 2 aromatic rings. The summed E-state index contributed by atoms with van der Waals surface area (Å²) in [6.07, 6.45) is 5.08. The fourth-order valence-electron chi connectivity index (χ4n) is 2.76. The van der Waals surface area contributed by atoms with E-state index in [9.17, 15) is 9.90 Å². The van der Waals surface area contributed by atoms with Crippen molar-refractivity contribution in [2.24, 2.45) is 5.92 Å². The molecule has 6 nitrogen and oxygen atoms in total. The van der Waals surface area contributed by atoms with Gasteiger partial charge in [-0.1, -0.05) is 0 Å². The van der Waals surface area contributed by atoms with Crippen molar-refractivity contribution in [3.05, 3.63) is 36.4 Å². The van der Waals surface area contributed by atoms with Crippen molar-refractivity contribution in [3.63, 3.8) is 0 Å². The first kappa shape index (κ1) is 14.4. The molecule has 1 atom stereocenters. The topological polar surface area (TPSA) is 79.2 Å². The molecular formula is C16H18N4O2. The van der Waals surface area contributed by atoms with Crippen molar-refractivity contribution in [2.45, 2.75) is 19.8 Å². The van der Waals surface area contributed by atoms with Gasteiger partial charge in [0.1, 0.15) is 11.6 Å². The summed E-state index contributed by atoms with van der Waals surface area (Å²) in [4.78, 5) is 26.3. The summed E-state index contributed by atoms with van der Waals surface area (Å²) in [7, 11) is 0. The summed E-state index contributed by atoms with van der Waals surface area (Å²) in [5, 5.41) is 9.22. The Morgan fingerprint density at radius 1 is 1.41 bits per heavy atom. The number of piperidine rings is 1. The number of nitrogens with zero attached hydrogens (tertiary/aromatic N) is 4. The van der Waals surface area contributed by atoms with Crippen molar-refractivity contribution in [2.75, 3.05) is 18.0 Å². The van der Waals surface area contributed by atoms with Gasteiger partial charge < -0.3 is 10.0 Å². The van der Waals surface area contributed by atoms with Crippen LogP contribution in [0.4, 0.5) is 5.82 Å². The lowest BCUT2D eigenvalue weighted by Crippen LogP contribution is -2.39. The normalized spacial score (nSPS) is 18.2. The molecule has 0 radical (unpaired) electrons. The second kappa shape index (κ2) is 6.09. The number of aryl methyl sites for hydroxylation is 1. The summed E-state index contributed by atoms with van der Waals surface area (Å²) in [5.74, 6) is 0.403. The summed E-state index contributed by atoms with van der Waals surface area (Å²) in [6, 6.07) is 5.73. The first-order valence-electron chi connectivity index (χ1n) is 7.37. The van der Waals surface area contributed by atoms with Crippen LogP contribution in [-0.2, 0) is 4.79 Å². The van der Waals surface area contributed by atoms with Crippen molar-refractivity contribution >= 4 is 11.8 Å². The fraction of sp³-hybridized carbons (Fsp3) is 0.375. The molecule has 0 bridgehead atoms. The average molecular weight is 298 g/mol. The molecule has 1 aliphatic heterocycles. The second-order valence-corrected chi connectivity index (χ2v) is 5.52. The van der Waals surface area contributed by atoms with Gasteiger partial charge in [0.25, 0.3) is 0 Å². The van der Waals surface area contributed by atoms with Crippen molar-refractivity contribution in [1.82, 2.24) is 15.0 Å². The average Bonchev–Trinajstić information content (AvgIpc) is 2.55. The predicted octanol–water partition coefficient (Wildman–Crippen LogP) is 2.15. The zero-order valence-corrected chi connectivity index (χ0v) is 12.4. The van der Waals surface area contributed by atoms with Crippen LogP contribution in [0.5, 0.6) is 0 Å². The third-order valence-corrected chi connectivity index (χ3v) is 3.88. The Morgan fingerprint density at radius 3 is 3.00 bits per heavy atom. The van der Waals surface area contributed by atoms with Crippen molar-refractivity contribution in [3.8, 4) is 11.3 Å². The molecule has 1 aliphatic rings. The van der Waals surface area contributed by atoms with Gasteiger partial charge in [-0.2, -0.15) is 0 Å². The molecule has 0 saturated carbocycles. The van der Waals surface area contributed by atoms with Crippen LogP contribution in [0, 0.1) is 12.8 Å². The van der Waals surface area contributed by atoms with E-state index in [-0.39, 0.29) is 5.92 Å². The van der Waals surface area contributed by atoms with Gasteiger partial charge >= 0.3 is 5.97 Å². The minimum absolute atomic E-state index is 0.328. The third-order valence-electron chi connectivity index (χ3n) is 3.88. The van der Waals surface area contributed by atoms with Gasteiger partial charge in [0.05, 0.1) is 11.6 Å². The van der Waals surface area contributed by atoms with Gasteiger partial charge in [-0.05, 0) is 31.9 Å². The lowest BCUT2D eigenvalue weighted by atomic mass is 9.98. The molecular weight excluding hydrogens is 280 g/mol. The zero-order valence-electron chi connectivity index (χ0n) is 12.4. The quantitative estimate of drug-likeness (QED) is 0.935. The molecule has 0 amide bonds. The lowest BCUT2D eigenvalue weighted by Gasteiger charge is -2.31. The van der Waals surface area contributed by atoms with E-state index >= 15 is 0 Å². The number of carboxylic acids is 1. The van der Waals surface area contributed by atoms with Crippen molar-refractivity contribution < 1.29 is 9.90 Å². The molecule has 0 aromatic carbocycles. The number of hydrogen-bond acceptors (Lipinski definition) is 5. The second-order valence-electron chi connectivity index (χ2n) is 5.52. The summed E-state index contributed by atoms with van der Waals surface area (Å²) in [5.41, 5.74) is 1.74. The zero-order chi connectivity index (χ0) is 15.5. The van der Waals surface area contributed by atoms with E-state index in [1.54, 1.807) is 12.4 Å². The van der Waals surface area contributed by atoms with Crippen LogP contribution in [0.25, 0.3) is 11.3 Å². The van der Waals surface area contributed by atoms with Gasteiger partial charge in [0.15, 0.2) is 0 Å². The van der Waals surface area contributed by atoms with Crippen LogP contribution in [0.3, 0.4) is 0 Å². The van der Waals surface area contributed by atoms with Gasteiger partial charge in [-0.25, -0.2) is 9.97 Å². The highest BCUT2D eigenvalue weighted by Crippen LogP contribution is 2.25. The molecule has 22 heavy (non-hydrogen) atoms. The maximum Gasteiger partial charge on any atom is 0.308 e. The highest BCUT2D eigenvalue weighted by atomic mass is 16.4. The van der Waals surface area contributed by atoms with Crippen LogP contribution in [0.2, 0.25) is 0 Å². The van der Waals surface area contributed by atoms with Crippen LogP contribution in [0.15, 0.2) is 30.6 Å². The highest BCUT2D eigenvalue weighted by molar-refractivity contribution is 5.71. The number of carboxylic acid groups (broad SMARTS) is 1. The molecule has 0 spiro atoms. The summed E-state index contributed by atoms with van der Waals surface area (Å²) in [6.45, 7) is 3.17. The number of carbonyl (C=O) groups is 1. The Kier molecular flexibility index (Phi) is 4.00. The minimum atomic E-state index is -0.733. The molecule has 6 heteroatoms. The molecule has 1 saturated heterocycles. The van der Waals surface area contributed by atoms with E-state index in [1.165, 1.54) is 0 Å². The maximum absolute atomic E-state index is 11.2. The van der Waals surface area contributed by atoms with Crippen LogP contribution in [0.1, 0.15) is 18.7 Å². The van der Waals surface area contributed by atoms with E-state index in [1.807, 2.05) is 30.0 Å². The molecule has 1 N–H and O–H groups in total.